The van der Waals surface area contributed by atoms with Crippen molar-refractivity contribution in [2.45, 2.75) is 44.7 Å². The fourth-order valence-corrected chi connectivity index (χ4v) is 5.64. The van der Waals surface area contributed by atoms with Gasteiger partial charge in [0.25, 0.3) is 5.91 Å². The van der Waals surface area contributed by atoms with Gasteiger partial charge in [-0.15, -0.1) is 11.3 Å². The molecule has 1 N–H and O–H groups in total. The highest BCUT2D eigenvalue weighted by Gasteiger charge is 2.54. The van der Waals surface area contributed by atoms with Crippen LogP contribution < -0.4 is 10.1 Å². The van der Waals surface area contributed by atoms with Crippen LogP contribution in [0.3, 0.4) is 0 Å². The lowest BCUT2D eigenvalue weighted by Gasteiger charge is -2.40. The zero-order valence-corrected chi connectivity index (χ0v) is 19.1. The molecule has 1 aromatic carbocycles. The summed E-state index contributed by atoms with van der Waals surface area (Å²) in [6.07, 6.45) is 3.13. The molecule has 0 aliphatic carbocycles. The van der Waals surface area contributed by atoms with E-state index in [1.807, 2.05) is 31.2 Å². The summed E-state index contributed by atoms with van der Waals surface area (Å²) in [5.74, 6) is 0.930. The Morgan fingerprint density at radius 3 is 2.52 bits per heavy atom. The predicted octanol–water partition coefficient (Wildman–Crippen LogP) is 3.91. The van der Waals surface area contributed by atoms with Gasteiger partial charge in [0.2, 0.25) is 0 Å². The molecule has 166 valence electrons. The van der Waals surface area contributed by atoms with Crippen LogP contribution in [0, 0.1) is 5.92 Å². The summed E-state index contributed by atoms with van der Waals surface area (Å²) in [6.45, 7) is 5.30. The molecule has 1 atom stereocenters. The third-order valence-electron chi connectivity index (χ3n) is 6.79. The number of hydrogen-bond donors (Lipinski definition) is 1. The van der Waals surface area contributed by atoms with E-state index in [1.165, 1.54) is 9.78 Å². The van der Waals surface area contributed by atoms with Gasteiger partial charge in [0, 0.05) is 18.0 Å². The molecular formula is C24H31N3O3S. The number of thiophene rings is 1. The second-order valence-corrected chi connectivity index (χ2v) is 9.47. The van der Waals surface area contributed by atoms with Gasteiger partial charge in [0.15, 0.2) is 0 Å². The van der Waals surface area contributed by atoms with Crippen molar-refractivity contribution in [3.05, 3.63) is 52.2 Å². The molecule has 4 rings (SSSR count). The summed E-state index contributed by atoms with van der Waals surface area (Å²) in [7, 11) is 1.64. The molecule has 0 unspecified atom stereocenters. The lowest BCUT2D eigenvalue weighted by Crippen LogP contribution is -2.55. The number of carbonyl (C=O) groups excluding carboxylic acids is 2. The first kappa shape index (κ1) is 21.8. The fourth-order valence-electron chi connectivity index (χ4n) is 4.89. The van der Waals surface area contributed by atoms with Crippen molar-refractivity contribution in [2.75, 3.05) is 26.7 Å². The van der Waals surface area contributed by atoms with E-state index in [9.17, 15) is 9.59 Å². The molecule has 2 aliphatic heterocycles. The molecule has 2 aromatic rings. The van der Waals surface area contributed by atoms with E-state index in [2.05, 4.69) is 27.7 Å². The normalized spacial score (nSPS) is 22.7. The minimum Gasteiger partial charge on any atom is -0.497 e. The molecule has 31 heavy (non-hydrogen) atoms. The number of nitrogens with zero attached hydrogens (tertiary/aromatic N) is 2. The third kappa shape index (κ3) is 4.48. The number of urea groups is 1. The highest BCUT2D eigenvalue weighted by Crippen LogP contribution is 2.36. The second-order valence-electron chi connectivity index (χ2n) is 8.44. The number of nitrogens with one attached hydrogen (secondary N) is 1. The van der Waals surface area contributed by atoms with Crippen molar-refractivity contribution in [1.82, 2.24) is 15.1 Å². The molecule has 6 nitrogen and oxygen atoms in total. The average molecular weight is 442 g/mol. The van der Waals surface area contributed by atoms with Crippen LogP contribution in [0.2, 0.25) is 0 Å². The summed E-state index contributed by atoms with van der Waals surface area (Å²) in [6, 6.07) is 11.8. The van der Waals surface area contributed by atoms with Gasteiger partial charge < -0.3 is 10.1 Å². The lowest BCUT2D eigenvalue weighted by atomic mass is 9.75. The number of piperidine rings is 1. The number of ether oxygens (including phenoxy) is 1. The summed E-state index contributed by atoms with van der Waals surface area (Å²) < 4.78 is 5.20. The van der Waals surface area contributed by atoms with Gasteiger partial charge in [0.1, 0.15) is 11.3 Å². The van der Waals surface area contributed by atoms with Gasteiger partial charge in [-0.3, -0.25) is 14.6 Å². The highest BCUT2D eigenvalue weighted by atomic mass is 32.1. The van der Waals surface area contributed by atoms with Crippen LogP contribution in [0.25, 0.3) is 0 Å². The number of imide groups is 1. The van der Waals surface area contributed by atoms with Crippen molar-refractivity contribution in [3.63, 3.8) is 0 Å². The first-order valence-electron chi connectivity index (χ1n) is 11.1. The molecule has 3 heterocycles. The number of carbonyl (C=O) groups is 2. The van der Waals surface area contributed by atoms with Crippen molar-refractivity contribution < 1.29 is 14.3 Å². The monoisotopic (exact) mass is 441 g/mol. The molecule has 0 bridgehead atoms. The lowest BCUT2D eigenvalue weighted by molar-refractivity contribution is -0.134. The largest absolute Gasteiger partial charge is 0.497 e. The average Bonchev–Trinajstić information content (AvgIpc) is 3.39. The van der Waals surface area contributed by atoms with E-state index < -0.39 is 5.54 Å². The minimum atomic E-state index is -0.758. The van der Waals surface area contributed by atoms with E-state index in [1.54, 1.807) is 18.4 Å². The van der Waals surface area contributed by atoms with Gasteiger partial charge in [0.05, 0.1) is 7.11 Å². The van der Waals surface area contributed by atoms with Crippen LogP contribution in [-0.2, 0) is 17.8 Å². The Balaban J connectivity index is 1.37. The summed E-state index contributed by atoms with van der Waals surface area (Å²) >= 11 is 1.79. The van der Waals surface area contributed by atoms with Gasteiger partial charge in [-0.25, -0.2) is 4.79 Å². The standard InChI is InChI=1S/C24H31N3O3S/c1-3-24(19-11-13-26(14-12-19)17-21-5-4-16-31-21)22(28)27(23(29)25-24)15-10-18-6-8-20(30-2)9-7-18/h4-9,16,19H,3,10-15,17H2,1-2H3,(H,25,29)/t24-/m0/s1. The SMILES string of the molecule is CC[C@@]1(C2CCN(Cc3cccs3)CC2)NC(=O)N(CCc2ccc(OC)cc2)C1=O. The van der Waals surface area contributed by atoms with Gasteiger partial charge in [-0.1, -0.05) is 25.1 Å². The fraction of sp³-hybridized carbons (Fsp3) is 0.500. The van der Waals surface area contributed by atoms with Gasteiger partial charge in [-0.05, 0) is 73.8 Å². The summed E-state index contributed by atoms with van der Waals surface area (Å²) in [5.41, 5.74) is 0.323. The molecule has 3 amide bonds. The molecule has 2 aliphatic rings. The smallest absolute Gasteiger partial charge is 0.325 e. The van der Waals surface area contributed by atoms with Crippen LogP contribution in [0.15, 0.2) is 41.8 Å². The molecule has 1 aromatic heterocycles. The first-order valence-corrected chi connectivity index (χ1v) is 12.0. The molecule has 7 heteroatoms. The van der Waals surface area contributed by atoms with Crippen molar-refractivity contribution in [1.29, 1.82) is 0 Å². The van der Waals surface area contributed by atoms with E-state index in [4.69, 9.17) is 4.74 Å². The maximum atomic E-state index is 13.4. The zero-order valence-electron chi connectivity index (χ0n) is 18.3. The Bertz CT molecular complexity index is 891. The first-order chi connectivity index (χ1) is 15.1. The molecule has 2 saturated heterocycles. The molecular weight excluding hydrogens is 410 g/mol. The van der Waals surface area contributed by atoms with Gasteiger partial charge >= 0.3 is 6.03 Å². The predicted molar refractivity (Wildman–Crippen MR) is 122 cm³/mol. The van der Waals surface area contributed by atoms with Crippen molar-refractivity contribution >= 4 is 23.3 Å². The number of hydrogen-bond acceptors (Lipinski definition) is 5. The zero-order chi connectivity index (χ0) is 21.8. The topological polar surface area (TPSA) is 61.9 Å². The second kappa shape index (κ2) is 9.40. The number of methoxy groups -OCH3 is 1. The van der Waals surface area contributed by atoms with Crippen molar-refractivity contribution in [3.8, 4) is 5.75 Å². The number of benzene rings is 1. The van der Waals surface area contributed by atoms with Crippen molar-refractivity contribution in [2.24, 2.45) is 5.92 Å². The molecule has 0 radical (unpaired) electrons. The van der Waals surface area contributed by atoms with Crippen LogP contribution in [0.4, 0.5) is 4.79 Å². The highest BCUT2D eigenvalue weighted by molar-refractivity contribution is 7.09. The Hall–Kier alpha value is -2.38. The Morgan fingerprint density at radius 1 is 1.16 bits per heavy atom. The molecule has 2 fully saturated rings. The Morgan fingerprint density at radius 2 is 1.90 bits per heavy atom. The number of amides is 3. The van der Waals surface area contributed by atoms with Crippen LogP contribution in [0.1, 0.15) is 36.6 Å². The van der Waals surface area contributed by atoms with E-state index in [0.29, 0.717) is 19.4 Å². The Labute approximate surface area is 188 Å². The number of rotatable bonds is 8. The van der Waals surface area contributed by atoms with Crippen LogP contribution >= 0.6 is 11.3 Å². The molecule has 0 saturated carbocycles. The third-order valence-corrected chi connectivity index (χ3v) is 7.65. The van der Waals surface area contributed by atoms with Crippen LogP contribution in [-0.4, -0.2) is 54.0 Å². The minimum absolute atomic E-state index is 0.0507. The van der Waals surface area contributed by atoms with E-state index in [0.717, 1.165) is 43.8 Å². The van der Waals surface area contributed by atoms with E-state index in [-0.39, 0.29) is 17.9 Å². The number of likely N-dealkylation sites (tertiary alicyclic amines) is 1. The maximum Gasteiger partial charge on any atom is 0.325 e. The Kier molecular flexibility index (Phi) is 6.62. The van der Waals surface area contributed by atoms with Gasteiger partial charge in [-0.2, -0.15) is 0 Å². The summed E-state index contributed by atoms with van der Waals surface area (Å²) in [5, 5.41) is 5.22. The summed E-state index contributed by atoms with van der Waals surface area (Å²) in [4.78, 5) is 31.5. The van der Waals surface area contributed by atoms with Crippen LogP contribution in [0.5, 0.6) is 5.75 Å². The maximum absolute atomic E-state index is 13.4. The molecule has 0 spiro atoms. The van der Waals surface area contributed by atoms with E-state index >= 15 is 0 Å². The quantitative estimate of drug-likeness (QED) is 0.631.